The van der Waals surface area contributed by atoms with Crippen LogP contribution in [0.1, 0.15) is 27.7 Å². The summed E-state index contributed by atoms with van der Waals surface area (Å²) >= 11 is 0. The normalized spacial score (nSPS) is 14.9. The van der Waals surface area contributed by atoms with E-state index >= 15 is 0 Å². The summed E-state index contributed by atoms with van der Waals surface area (Å²) in [4.78, 5) is 0. The maximum absolute atomic E-state index is 9.03. The molecule has 0 saturated heterocycles. The van der Waals surface area contributed by atoms with Crippen LogP contribution in [0.5, 0.6) is 0 Å². The molecule has 2 N–H and O–H groups in total. The van der Waals surface area contributed by atoms with Crippen molar-refractivity contribution in [2.45, 2.75) is 39.9 Å². The fourth-order valence-corrected chi connectivity index (χ4v) is 0.783. The Morgan fingerprint density at radius 1 is 0.941 bits per heavy atom. The zero-order valence-corrected chi connectivity index (χ0v) is 10.6. The molecule has 0 fully saturated rings. The van der Waals surface area contributed by atoms with Gasteiger partial charge in [0.25, 0.3) is 0 Å². The van der Waals surface area contributed by atoms with Crippen LogP contribution in [0, 0.1) is 23.7 Å². The van der Waals surface area contributed by atoms with Crippen LogP contribution in [-0.2, 0) is 4.74 Å². The second kappa shape index (κ2) is 8.47. The smallest absolute Gasteiger partial charge is 0.174 e. The number of aliphatic hydroxyl groups excluding tert-OH is 2. The van der Waals surface area contributed by atoms with Gasteiger partial charge in [0.05, 0.1) is 0 Å². The zero-order valence-electron chi connectivity index (χ0n) is 10.6. The van der Waals surface area contributed by atoms with Crippen LogP contribution in [0.3, 0.4) is 0 Å². The summed E-state index contributed by atoms with van der Waals surface area (Å²) in [6.45, 7) is 6.71. The molecule has 0 aromatic rings. The monoisotopic (exact) mass is 234 g/mol. The Kier molecular flexibility index (Phi) is 7.63. The summed E-state index contributed by atoms with van der Waals surface area (Å²) in [5.41, 5.74) is 0. The quantitative estimate of drug-likeness (QED) is 0.563. The van der Waals surface area contributed by atoms with Crippen molar-refractivity contribution in [3.8, 4) is 23.7 Å². The van der Waals surface area contributed by atoms with Gasteiger partial charge in [-0.05, 0) is 51.7 Å². The minimum atomic E-state index is -0.703. The zero-order chi connectivity index (χ0) is 13.3. The SMILES string of the molecule is CC=C(C#CC(C)O)OC(C#CC(C)O)=CC. The van der Waals surface area contributed by atoms with E-state index in [4.69, 9.17) is 14.9 Å². The molecular formula is C14H18O3. The lowest BCUT2D eigenvalue weighted by molar-refractivity contribution is 0.253. The third kappa shape index (κ3) is 8.16. The van der Waals surface area contributed by atoms with Gasteiger partial charge in [0.15, 0.2) is 11.5 Å². The van der Waals surface area contributed by atoms with E-state index in [0.29, 0.717) is 11.5 Å². The first-order chi connectivity index (χ1) is 7.99. The third-order valence-electron chi connectivity index (χ3n) is 1.55. The molecule has 0 aromatic carbocycles. The average molecular weight is 234 g/mol. The maximum atomic E-state index is 9.03. The molecule has 0 saturated carbocycles. The van der Waals surface area contributed by atoms with Crippen molar-refractivity contribution >= 4 is 0 Å². The van der Waals surface area contributed by atoms with E-state index in [0.717, 1.165) is 0 Å². The highest BCUT2D eigenvalue weighted by Gasteiger charge is 1.97. The molecule has 2 atom stereocenters. The van der Waals surface area contributed by atoms with Crippen LogP contribution in [0.25, 0.3) is 0 Å². The van der Waals surface area contributed by atoms with E-state index in [1.165, 1.54) is 0 Å². The highest BCUT2D eigenvalue weighted by molar-refractivity contribution is 5.31. The molecule has 0 rings (SSSR count). The van der Waals surface area contributed by atoms with E-state index < -0.39 is 12.2 Å². The van der Waals surface area contributed by atoms with Crippen molar-refractivity contribution < 1.29 is 14.9 Å². The van der Waals surface area contributed by atoms with Crippen LogP contribution in [0.2, 0.25) is 0 Å². The van der Waals surface area contributed by atoms with Gasteiger partial charge < -0.3 is 14.9 Å². The van der Waals surface area contributed by atoms with E-state index in [1.807, 2.05) is 0 Å². The van der Waals surface area contributed by atoms with E-state index in [9.17, 15) is 0 Å². The molecule has 0 bridgehead atoms. The number of rotatable bonds is 2. The van der Waals surface area contributed by atoms with Crippen molar-refractivity contribution in [2.24, 2.45) is 0 Å². The number of ether oxygens (including phenoxy) is 1. The van der Waals surface area contributed by atoms with Gasteiger partial charge in [0, 0.05) is 0 Å². The van der Waals surface area contributed by atoms with Crippen LogP contribution < -0.4 is 0 Å². The summed E-state index contributed by atoms with van der Waals surface area (Å²) < 4.78 is 5.40. The first-order valence-corrected chi connectivity index (χ1v) is 5.39. The Morgan fingerprint density at radius 3 is 1.53 bits per heavy atom. The van der Waals surface area contributed by atoms with E-state index in [1.54, 1.807) is 39.8 Å². The van der Waals surface area contributed by atoms with Crippen LogP contribution in [-0.4, -0.2) is 22.4 Å². The molecule has 0 aliphatic heterocycles. The lowest BCUT2D eigenvalue weighted by Crippen LogP contribution is -1.96. The lowest BCUT2D eigenvalue weighted by Gasteiger charge is -2.02. The molecule has 3 heteroatoms. The molecule has 92 valence electrons. The number of hydrogen-bond donors (Lipinski definition) is 2. The molecule has 0 aliphatic carbocycles. The van der Waals surface area contributed by atoms with Crippen LogP contribution >= 0.6 is 0 Å². The van der Waals surface area contributed by atoms with Gasteiger partial charge in [0.2, 0.25) is 0 Å². The Balaban J connectivity index is 4.71. The molecular weight excluding hydrogens is 216 g/mol. The lowest BCUT2D eigenvalue weighted by atomic mass is 10.3. The van der Waals surface area contributed by atoms with Gasteiger partial charge in [-0.3, -0.25) is 0 Å². The van der Waals surface area contributed by atoms with Crippen molar-refractivity contribution in [3.05, 3.63) is 23.7 Å². The first kappa shape index (κ1) is 15.3. The molecule has 0 aliphatic rings. The van der Waals surface area contributed by atoms with Crippen molar-refractivity contribution in [1.29, 1.82) is 0 Å². The summed E-state index contributed by atoms with van der Waals surface area (Å²) in [6.07, 6.45) is 1.96. The topological polar surface area (TPSA) is 49.7 Å². The Labute approximate surface area is 103 Å². The predicted molar refractivity (Wildman–Crippen MR) is 67.5 cm³/mol. The van der Waals surface area contributed by atoms with Gasteiger partial charge in [0.1, 0.15) is 12.2 Å². The molecule has 0 heterocycles. The number of allylic oxidation sites excluding steroid dienone is 4. The van der Waals surface area contributed by atoms with Gasteiger partial charge in [-0.1, -0.05) is 11.8 Å². The first-order valence-electron chi connectivity index (χ1n) is 5.39. The van der Waals surface area contributed by atoms with E-state index in [2.05, 4.69) is 23.7 Å². The highest BCUT2D eigenvalue weighted by Crippen LogP contribution is 2.05. The Hall–Kier alpha value is -1.68. The molecule has 3 nitrogen and oxygen atoms in total. The molecule has 0 radical (unpaired) electrons. The summed E-state index contributed by atoms with van der Waals surface area (Å²) in [6, 6.07) is 0. The van der Waals surface area contributed by atoms with Crippen molar-refractivity contribution in [2.75, 3.05) is 0 Å². The van der Waals surface area contributed by atoms with E-state index in [-0.39, 0.29) is 0 Å². The van der Waals surface area contributed by atoms with Gasteiger partial charge in [-0.15, -0.1) is 0 Å². The van der Waals surface area contributed by atoms with Crippen molar-refractivity contribution in [3.63, 3.8) is 0 Å². The van der Waals surface area contributed by atoms with Crippen molar-refractivity contribution in [1.82, 2.24) is 0 Å². The standard InChI is InChI=1S/C14H18O3/c1-5-13(9-7-11(3)15)17-14(6-2)10-8-12(4)16/h5-6,11-12,15-16H,1-4H3. The van der Waals surface area contributed by atoms with Crippen LogP contribution in [0.15, 0.2) is 23.7 Å². The number of hydrogen-bond acceptors (Lipinski definition) is 3. The minimum absolute atomic E-state index is 0.416. The molecule has 0 amide bonds. The Bertz CT molecular complexity index is 366. The summed E-state index contributed by atoms with van der Waals surface area (Å²) in [7, 11) is 0. The fraction of sp³-hybridized carbons (Fsp3) is 0.429. The second-order valence-corrected chi connectivity index (χ2v) is 3.30. The summed E-state index contributed by atoms with van der Waals surface area (Å²) in [5, 5.41) is 18.1. The summed E-state index contributed by atoms with van der Waals surface area (Å²) in [5.74, 6) is 11.4. The maximum Gasteiger partial charge on any atom is 0.174 e. The minimum Gasteiger partial charge on any atom is -0.440 e. The molecule has 2 unspecified atom stereocenters. The third-order valence-corrected chi connectivity index (χ3v) is 1.55. The fourth-order valence-electron chi connectivity index (χ4n) is 0.783. The second-order valence-electron chi connectivity index (χ2n) is 3.30. The van der Waals surface area contributed by atoms with Gasteiger partial charge in [-0.25, -0.2) is 0 Å². The Morgan fingerprint density at radius 2 is 1.29 bits per heavy atom. The highest BCUT2D eigenvalue weighted by atomic mass is 16.5. The molecule has 17 heavy (non-hydrogen) atoms. The van der Waals surface area contributed by atoms with Crippen LogP contribution in [0.4, 0.5) is 0 Å². The van der Waals surface area contributed by atoms with Gasteiger partial charge in [-0.2, -0.15) is 0 Å². The molecule has 0 aromatic heterocycles. The average Bonchev–Trinajstić information content (AvgIpc) is 2.27. The molecule has 0 spiro atoms. The predicted octanol–water partition coefficient (Wildman–Crippen LogP) is 1.58. The van der Waals surface area contributed by atoms with Gasteiger partial charge >= 0.3 is 0 Å². The largest absolute Gasteiger partial charge is 0.440 e. The number of aliphatic hydroxyl groups is 2.